The minimum atomic E-state index is -0.994. The first-order chi connectivity index (χ1) is 15.6. The molecule has 3 aromatic carbocycles. The molecule has 0 aliphatic carbocycles. The molecule has 2 aliphatic heterocycles. The van der Waals surface area contributed by atoms with Gasteiger partial charge in [0.1, 0.15) is 11.5 Å². The lowest BCUT2D eigenvalue weighted by atomic mass is 9.77. The van der Waals surface area contributed by atoms with E-state index in [0.29, 0.717) is 11.3 Å². The Kier molecular flexibility index (Phi) is 5.14. The topological polar surface area (TPSA) is 42.0 Å². The van der Waals surface area contributed by atoms with Crippen molar-refractivity contribution in [2.24, 2.45) is 0 Å². The van der Waals surface area contributed by atoms with Crippen LogP contribution in [0.1, 0.15) is 47.8 Å². The summed E-state index contributed by atoms with van der Waals surface area (Å²) in [6.45, 7) is 10.3. The lowest BCUT2D eigenvalue weighted by Gasteiger charge is -2.37. The number of benzene rings is 3. The van der Waals surface area contributed by atoms with Crippen molar-refractivity contribution in [2.75, 3.05) is 31.2 Å². The summed E-state index contributed by atoms with van der Waals surface area (Å²) in [5, 5.41) is 0. The number of carbonyl (C=O) groups excluding carboxylic acids is 1. The fraction of sp³-hybridized carbons (Fsp3) is 0.296. The first-order valence-electron chi connectivity index (χ1n) is 11.3. The zero-order chi connectivity index (χ0) is 22.3. The molecule has 5 nitrogen and oxygen atoms in total. The van der Waals surface area contributed by atoms with Crippen LogP contribution >= 0.6 is 0 Å². The van der Waals surface area contributed by atoms with Gasteiger partial charge in [-0.3, -0.25) is 4.90 Å². The predicted molar refractivity (Wildman–Crippen MR) is 126 cm³/mol. The van der Waals surface area contributed by atoms with E-state index in [9.17, 15) is 4.79 Å². The molecule has 0 fully saturated rings. The van der Waals surface area contributed by atoms with Crippen LogP contribution in [0.4, 0.5) is 5.69 Å². The molecule has 5 rings (SSSR count). The standard InChI is InChI=1S/C27H28N2O3/c1-4-28(5-2)18-29(6-3)19-15-16-23-25(17-19)31-24-14-10-9-13-22(24)27(23)21-12-8-7-11-20(21)26(30)32-27/h7-17H,4-6,18H2,1-3H3. The van der Waals surface area contributed by atoms with Crippen molar-refractivity contribution in [3.8, 4) is 11.5 Å². The van der Waals surface area contributed by atoms with Gasteiger partial charge >= 0.3 is 5.97 Å². The van der Waals surface area contributed by atoms with E-state index in [1.807, 2.05) is 48.5 Å². The van der Waals surface area contributed by atoms with Gasteiger partial charge in [-0.1, -0.05) is 50.2 Å². The van der Waals surface area contributed by atoms with Crippen LogP contribution in [-0.2, 0) is 10.3 Å². The lowest BCUT2D eigenvalue weighted by molar-refractivity contribution is 0.0224. The number of para-hydroxylation sites is 1. The smallest absolute Gasteiger partial charge is 0.340 e. The van der Waals surface area contributed by atoms with Crippen LogP contribution in [0.2, 0.25) is 0 Å². The molecule has 32 heavy (non-hydrogen) atoms. The summed E-state index contributed by atoms with van der Waals surface area (Å²) in [4.78, 5) is 17.6. The van der Waals surface area contributed by atoms with E-state index in [2.05, 4.69) is 48.8 Å². The normalized spacial score (nSPS) is 18.1. The Bertz CT molecular complexity index is 1170. The van der Waals surface area contributed by atoms with Crippen LogP contribution in [0.15, 0.2) is 66.7 Å². The summed E-state index contributed by atoms with van der Waals surface area (Å²) >= 11 is 0. The highest BCUT2D eigenvalue weighted by molar-refractivity contribution is 5.97. The van der Waals surface area contributed by atoms with Crippen molar-refractivity contribution in [3.63, 3.8) is 0 Å². The van der Waals surface area contributed by atoms with E-state index in [4.69, 9.17) is 9.47 Å². The quantitative estimate of drug-likeness (QED) is 0.389. The second-order valence-electron chi connectivity index (χ2n) is 8.20. The number of ether oxygens (including phenoxy) is 2. The number of nitrogens with zero attached hydrogens (tertiary/aromatic N) is 2. The van der Waals surface area contributed by atoms with Crippen LogP contribution in [0, 0.1) is 0 Å². The highest BCUT2D eigenvalue weighted by Gasteiger charge is 2.53. The molecular formula is C27H28N2O3. The Morgan fingerprint density at radius 3 is 2.22 bits per heavy atom. The van der Waals surface area contributed by atoms with E-state index in [0.717, 1.165) is 54.4 Å². The van der Waals surface area contributed by atoms with Crippen LogP contribution in [0.25, 0.3) is 0 Å². The summed E-state index contributed by atoms with van der Waals surface area (Å²) in [7, 11) is 0. The van der Waals surface area contributed by atoms with E-state index < -0.39 is 5.60 Å². The molecule has 0 aromatic heterocycles. The Balaban J connectivity index is 1.66. The van der Waals surface area contributed by atoms with Crippen molar-refractivity contribution >= 4 is 11.7 Å². The zero-order valence-electron chi connectivity index (χ0n) is 18.8. The zero-order valence-corrected chi connectivity index (χ0v) is 18.8. The number of rotatable bonds is 6. The average molecular weight is 429 g/mol. The highest BCUT2D eigenvalue weighted by Crippen LogP contribution is 2.56. The Morgan fingerprint density at radius 1 is 0.781 bits per heavy atom. The minimum absolute atomic E-state index is 0.302. The first-order valence-corrected chi connectivity index (χ1v) is 11.3. The third kappa shape index (κ3) is 3.00. The molecule has 0 amide bonds. The largest absolute Gasteiger partial charge is 0.456 e. The van der Waals surface area contributed by atoms with Crippen molar-refractivity contribution in [2.45, 2.75) is 26.4 Å². The van der Waals surface area contributed by atoms with E-state index in [1.54, 1.807) is 0 Å². The molecule has 1 spiro atoms. The average Bonchev–Trinajstić information content (AvgIpc) is 3.13. The summed E-state index contributed by atoms with van der Waals surface area (Å²) in [5.41, 5.74) is 3.28. The molecule has 5 heteroatoms. The molecule has 1 unspecified atom stereocenters. The minimum Gasteiger partial charge on any atom is -0.456 e. The van der Waals surface area contributed by atoms with Gasteiger partial charge in [0.15, 0.2) is 5.60 Å². The van der Waals surface area contributed by atoms with Crippen molar-refractivity contribution < 1.29 is 14.3 Å². The first kappa shape index (κ1) is 20.6. The maximum absolute atomic E-state index is 12.9. The van der Waals surface area contributed by atoms with E-state index >= 15 is 0 Å². The van der Waals surface area contributed by atoms with Gasteiger partial charge in [-0.15, -0.1) is 0 Å². The van der Waals surface area contributed by atoms with Crippen LogP contribution in [0.5, 0.6) is 11.5 Å². The van der Waals surface area contributed by atoms with Gasteiger partial charge in [0.2, 0.25) is 0 Å². The number of carbonyl (C=O) groups is 1. The molecule has 0 N–H and O–H groups in total. The number of fused-ring (bicyclic) bond motifs is 6. The van der Waals surface area contributed by atoms with Crippen LogP contribution in [-0.4, -0.2) is 37.2 Å². The van der Waals surface area contributed by atoms with E-state index in [-0.39, 0.29) is 5.97 Å². The molecule has 164 valence electrons. The van der Waals surface area contributed by atoms with Crippen molar-refractivity contribution in [3.05, 3.63) is 89.0 Å². The number of esters is 1. The molecule has 1 atom stereocenters. The highest BCUT2D eigenvalue weighted by atomic mass is 16.6. The van der Waals surface area contributed by atoms with Gasteiger partial charge in [-0.2, -0.15) is 0 Å². The van der Waals surface area contributed by atoms with Gasteiger partial charge in [0, 0.05) is 35.0 Å². The Labute approximate surface area is 189 Å². The van der Waals surface area contributed by atoms with Gasteiger partial charge in [0.05, 0.1) is 12.2 Å². The molecule has 0 bridgehead atoms. The second kappa shape index (κ2) is 7.99. The Hall–Kier alpha value is -3.31. The lowest BCUT2D eigenvalue weighted by Crippen LogP contribution is -2.38. The van der Waals surface area contributed by atoms with Gasteiger partial charge in [0.25, 0.3) is 0 Å². The third-order valence-corrected chi connectivity index (χ3v) is 6.61. The fourth-order valence-corrected chi connectivity index (χ4v) is 4.84. The van der Waals surface area contributed by atoms with Crippen LogP contribution in [0.3, 0.4) is 0 Å². The molecule has 2 aliphatic rings. The number of hydrogen-bond donors (Lipinski definition) is 0. The molecule has 3 aromatic rings. The maximum atomic E-state index is 12.9. The number of hydrogen-bond acceptors (Lipinski definition) is 5. The molecule has 2 heterocycles. The van der Waals surface area contributed by atoms with Gasteiger partial charge in [-0.05, 0) is 44.3 Å². The van der Waals surface area contributed by atoms with E-state index in [1.165, 1.54) is 0 Å². The molecule has 0 radical (unpaired) electrons. The molecular weight excluding hydrogens is 400 g/mol. The summed E-state index contributed by atoms with van der Waals surface area (Å²) in [6.07, 6.45) is 0. The third-order valence-electron chi connectivity index (χ3n) is 6.61. The molecule has 0 saturated carbocycles. The van der Waals surface area contributed by atoms with Crippen molar-refractivity contribution in [1.82, 2.24) is 4.90 Å². The number of anilines is 1. The summed E-state index contributed by atoms with van der Waals surface area (Å²) in [6, 6.07) is 21.7. The summed E-state index contributed by atoms with van der Waals surface area (Å²) < 4.78 is 12.6. The SMILES string of the molecule is CCN(CC)CN(CC)c1ccc2c(c1)Oc1ccccc1C21OC(=O)c2ccccc21. The van der Waals surface area contributed by atoms with Crippen molar-refractivity contribution in [1.29, 1.82) is 0 Å². The second-order valence-corrected chi connectivity index (χ2v) is 8.20. The summed E-state index contributed by atoms with van der Waals surface area (Å²) in [5.74, 6) is 1.14. The fourth-order valence-electron chi connectivity index (χ4n) is 4.84. The predicted octanol–water partition coefficient (Wildman–Crippen LogP) is 5.38. The van der Waals surface area contributed by atoms with Gasteiger partial charge in [-0.25, -0.2) is 4.79 Å². The van der Waals surface area contributed by atoms with Crippen LogP contribution < -0.4 is 9.64 Å². The maximum Gasteiger partial charge on any atom is 0.340 e. The van der Waals surface area contributed by atoms with Gasteiger partial charge < -0.3 is 14.4 Å². The Morgan fingerprint density at radius 2 is 1.47 bits per heavy atom. The monoisotopic (exact) mass is 428 g/mol. The molecule has 0 saturated heterocycles.